The predicted molar refractivity (Wildman–Crippen MR) is 91.3 cm³/mol. The largest absolute Gasteiger partial charge is 0.508 e. The molecule has 0 radical (unpaired) electrons. The maximum Gasteiger partial charge on any atom is 0.508 e. The Bertz CT molecular complexity index is 463. The van der Waals surface area contributed by atoms with Gasteiger partial charge in [-0.25, -0.2) is 4.79 Å². The molecule has 0 aromatic carbocycles. The molecular weight excluding hydrogens is 312 g/mol. The van der Waals surface area contributed by atoms with E-state index in [4.69, 9.17) is 18.9 Å². The quantitative estimate of drug-likeness (QED) is 0.415. The highest BCUT2D eigenvalue weighted by Gasteiger charge is 2.65. The van der Waals surface area contributed by atoms with E-state index in [-0.39, 0.29) is 23.5 Å². The summed E-state index contributed by atoms with van der Waals surface area (Å²) in [4.78, 5) is 11.7. The maximum absolute atomic E-state index is 11.7. The first-order valence-electron chi connectivity index (χ1n) is 8.48. The Morgan fingerprint density at radius 3 is 2.13 bits per heavy atom. The first kappa shape index (κ1) is 18.7. The van der Waals surface area contributed by atoms with Crippen LogP contribution < -0.4 is 0 Å². The van der Waals surface area contributed by atoms with Crippen LogP contribution in [-0.4, -0.2) is 49.5 Å². The molecule has 23 heavy (non-hydrogen) atoms. The van der Waals surface area contributed by atoms with Crippen LogP contribution in [0.5, 0.6) is 0 Å². The van der Waals surface area contributed by atoms with Crippen molar-refractivity contribution in [1.29, 1.82) is 0 Å². The molecular formula is C17H32O5Si. The Hall–Kier alpha value is -0.593. The lowest BCUT2D eigenvalue weighted by molar-refractivity contribution is -0.00948. The van der Waals surface area contributed by atoms with Gasteiger partial charge in [0.2, 0.25) is 0 Å². The topological polar surface area (TPSA) is 60.6 Å². The first-order valence-corrected chi connectivity index (χ1v) is 12.0. The summed E-state index contributed by atoms with van der Waals surface area (Å²) in [6, 6.07) is 0. The van der Waals surface area contributed by atoms with Gasteiger partial charge in [-0.1, -0.05) is 19.6 Å². The van der Waals surface area contributed by atoms with Crippen LogP contribution in [0.15, 0.2) is 0 Å². The van der Waals surface area contributed by atoms with Crippen molar-refractivity contribution in [3.8, 4) is 0 Å². The summed E-state index contributed by atoms with van der Waals surface area (Å²) in [6.45, 7) is 16.9. The lowest BCUT2D eigenvalue weighted by Gasteiger charge is -2.26. The summed E-state index contributed by atoms with van der Waals surface area (Å²) >= 11 is 0. The Labute approximate surface area is 141 Å². The van der Waals surface area contributed by atoms with Crippen LogP contribution in [0.2, 0.25) is 19.6 Å². The number of carbonyl (C=O) groups excluding carboxylic acids is 1. The summed E-state index contributed by atoms with van der Waals surface area (Å²) in [5, 5.41) is -0.114. The molecule has 0 aliphatic carbocycles. The zero-order valence-corrected chi connectivity index (χ0v) is 16.8. The van der Waals surface area contributed by atoms with Crippen LogP contribution in [-0.2, 0) is 18.9 Å². The highest BCUT2D eigenvalue weighted by Crippen LogP contribution is 2.50. The number of rotatable bonds is 6. The number of carbonyl (C=O) groups is 1. The van der Waals surface area contributed by atoms with Gasteiger partial charge in [-0.2, -0.15) is 0 Å². The average Bonchev–Trinajstić information content (AvgIpc) is 3.17. The van der Waals surface area contributed by atoms with Gasteiger partial charge in [0.15, 0.2) is 0 Å². The third-order valence-corrected chi connectivity index (χ3v) is 8.00. The average molecular weight is 345 g/mol. The molecule has 2 rings (SSSR count). The lowest BCUT2D eigenvalue weighted by atomic mass is 10.0. The highest BCUT2D eigenvalue weighted by molar-refractivity contribution is 6.79. The zero-order valence-electron chi connectivity index (χ0n) is 15.8. The third kappa shape index (κ3) is 4.48. The number of hydrogen-bond donors (Lipinski definition) is 0. The molecule has 0 spiro atoms. The minimum Gasteiger partial charge on any atom is -0.431 e. The van der Waals surface area contributed by atoms with E-state index in [1.165, 1.54) is 0 Å². The van der Waals surface area contributed by atoms with Crippen LogP contribution in [0, 0.1) is 0 Å². The summed E-state index contributed by atoms with van der Waals surface area (Å²) in [6.07, 6.45) is 1.67. The number of epoxide rings is 2. The Balaban J connectivity index is 1.84. The molecule has 134 valence electrons. The Morgan fingerprint density at radius 1 is 1.13 bits per heavy atom. The molecule has 0 aromatic heterocycles. The molecule has 5 nitrogen and oxygen atoms in total. The molecule has 3 atom stereocenters. The molecule has 2 aliphatic heterocycles. The summed E-state index contributed by atoms with van der Waals surface area (Å²) in [5.41, 5.74) is -0.524. The Kier molecular flexibility index (Phi) is 4.68. The van der Waals surface area contributed by atoms with Crippen molar-refractivity contribution in [2.45, 2.75) is 95.7 Å². The molecule has 0 saturated carbocycles. The zero-order chi connectivity index (χ0) is 17.7. The van der Waals surface area contributed by atoms with Gasteiger partial charge in [-0.15, -0.1) is 0 Å². The minimum atomic E-state index is -1.55. The number of hydrogen-bond acceptors (Lipinski definition) is 5. The fourth-order valence-corrected chi connectivity index (χ4v) is 5.59. The van der Waals surface area contributed by atoms with Gasteiger partial charge in [-0.05, 0) is 47.5 Å². The molecule has 0 bridgehead atoms. The SMILES string of the molecule is CC(C)(C)OC(=O)OC[C@H]1O[C@@]1(CC[C@H]1OC1(C)C)[Si](C)(C)C. The number of ether oxygens (including phenoxy) is 4. The van der Waals surface area contributed by atoms with E-state index in [1.807, 2.05) is 20.8 Å². The van der Waals surface area contributed by atoms with Crippen molar-refractivity contribution >= 4 is 14.2 Å². The van der Waals surface area contributed by atoms with Gasteiger partial charge >= 0.3 is 6.16 Å². The van der Waals surface area contributed by atoms with E-state index >= 15 is 0 Å². The van der Waals surface area contributed by atoms with Crippen LogP contribution in [0.25, 0.3) is 0 Å². The Morgan fingerprint density at radius 2 is 1.70 bits per heavy atom. The molecule has 2 saturated heterocycles. The second kappa shape index (κ2) is 5.74. The second-order valence-corrected chi connectivity index (χ2v) is 14.6. The molecule has 0 amide bonds. The van der Waals surface area contributed by atoms with Crippen molar-refractivity contribution in [1.82, 2.24) is 0 Å². The predicted octanol–water partition coefficient (Wildman–Crippen LogP) is 3.91. The van der Waals surface area contributed by atoms with Crippen LogP contribution >= 0.6 is 0 Å². The van der Waals surface area contributed by atoms with E-state index in [0.29, 0.717) is 6.10 Å². The monoisotopic (exact) mass is 344 g/mol. The maximum atomic E-state index is 11.7. The third-order valence-electron chi connectivity index (χ3n) is 4.77. The van der Waals surface area contributed by atoms with Crippen LogP contribution in [0.4, 0.5) is 4.79 Å². The normalized spacial score (nSPS) is 32.3. The molecule has 2 heterocycles. The van der Waals surface area contributed by atoms with Crippen molar-refractivity contribution in [2.75, 3.05) is 6.61 Å². The first-order chi connectivity index (χ1) is 10.3. The molecule has 6 heteroatoms. The summed E-state index contributed by atoms with van der Waals surface area (Å²) in [5.74, 6) is 0. The van der Waals surface area contributed by atoms with E-state index in [2.05, 4.69) is 33.5 Å². The van der Waals surface area contributed by atoms with E-state index in [1.54, 1.807) is 0 Å². The van der Waals surface area contributed by atoms with E-state index in [0.717, 1.165) is 12.8 Å². The fourth-order valence-electron chi connectivity index (χ4n) is 3.15. The van der Waals surface area contributed by atoms with Crippen molar-refractivity contribution < 1.29 is 23.7 Å². The van der Waals surface area contributed by atoms with Crippen molar-refractivity contribution in [3.63, 3.8) is 0 Å². The van der Waals surface area contributed by atoms with Gasteiger partial charge in [-0.3, -0.25) is 0 Å². The highest BCUT2D eigenvalue weighted by atomic mass is 28.3. The molecule has 0 N–H and O–H groups in total. The lowest BCUT2D eigenvalue weighted by Crippen LogP contribution is -2.45. The molecule has 2 aliphatic rings. The van der Waals surface area contributed by atoms with Gasteiger partial charge in [0, 0.05) is 0 Å². The van der Waals surface area contributed by atoms with E-state index in [9.17, 15) is 4.79 Å². The van der Waals surface area contributed by atoms with Gasteiger partial charge in [0.1, 0.15) is 18.3 Å². The molecule has 2 fully saturated rings. The molecule has 0 aromatic rings. The second-order valence-electron chi connectivity index (χ2n) is 9.27. The van der Waals surface area contributed by atoms with E-state index < -0.39 is 19.8 Å². The van der Waals surface area contributed by atoms with Crippen molar-refractivity contribution in [2.24, 2.45) is 0 Å². The van der Waals surface area contributed by atoms with Crippen LogP contribution in [0.1, 0.15) is 47.5 Å². The minimum absolute atomic E-state index is 0.0106. The van der Waals surface area contributed by atoms with Gasteiger partial charge in [0.25, 0.3) is 0 Å². The summed E-state index contributed by atoms with van der Waals surface area (Å²) < 4.78 is 22.2. The van der Waals surface area contributed by atoms with Gasteiger partial charge < -0.3 is 18.9 Å². The van der Waals surface area contributed by atoms with Crippen molar-refractivity contribution in [3.05, 3.63) is 0 Å². The van der Waals surface area contributed by atoms with Gasteiger partial charge in [0.05, 0.1) is 25.0 Å². The summed E-state index contributed by atoms with van der Waals surface area (Å²) in [7, 11) is -1.55. The smallest absolute Gasteiger partial charge is 0.431 e. The standard InChI is InChI=1S/C17H32O5Si/c1-15(2,3)22-14(18)19-11-13-17(21-13,23(6,7)8)10-9-12-16(4,5)20-12/h12-13H,9-11H2,1-8H3/t12-,13-,17+/m1/s1. The molecule has 0 unspecified atom stereocenters. The van der Waals surface area contributed by atoms with Crippen LogP contribution in [0.3, 0.4) is 0 Å². The fraction of sp³-hybridized carbons (Fsp3) is 0.941.